The molecule has 0 bridgehead atoms. The predicted octanol–water partition coefficient (Wildman–Crippen LogP) is 3.59. The predicted molar refractivity (Wildman–Crippen MR) is 62.7 cm³/mol. The molecular weight excluding hydrogens is 221 g/mol. The zero-order valence-corrected chi connectivity index (χ0v) is 11.9. The fraction of sp³-hybridized carbons (Fsp3) is 1.00. The van der Waals surface area contributed by atoms with E-state index in [-0.39, 0.29) is 4.94 Å². The molecule has 0 spiro atoms. The summed E-state index contributed by atoms with van der Waals surface area (Å²) in [4.78, 5) is 0.0571. The summed E-state index contributed by atoms with van der Waals surface area (Å²) in [5.41, 5.74) is 0. The first-order valence-electron chi connectivity index (χ1n) is 5.66. The second-order valence-electron chi connectivity index (χ2n) is 5.08. The Hall–Kier alpha value is 0.503. The quantitative estimate of drug-likeness (QED) is 0.538. The third kappa shape index (κ3) is 7.56. The summed E-state index contributed by atoms with van der Waals surface area (Å²) in [6.07, 6.45) is 7.59. The number of hydrogen-bond donors (Lipinski definition) is 1. The summed E-state index contributed by atoms with van der Waals surface area (Å²) < 4.78 is 0. The topological polar surface area (TPSA) is 20.2 Å². The molecule has 2 heteroatoms. The summed E-state index contributed by atoms with van der Waals surface area (Å²) in [5.74, 6) is 6.87. The molecule has 0 aliphatic carbocycles. The Morgan fingerprint density at radius 1 is 1.00 bits per heavy atom. The van der Waals surface area contributed by atoms with Crippen LogP contribution in [0.1, 0.15) is 45.4 Å². The summed E-state index contributed by atoms with van der Waals surface area (Å²) in [5, 5.41) is 9.83. The van der Waals surface area contributed by atoms with Gasteiger partial charge in [0.05, 0.1) is 0 Å². The van der Waals surface area contributed by atoms with Gasteiger partial charge in [-0.1, -0.05) is 0 Å². The van der Waals surface area contributed by atoms with Crippen LogP contribution in [0.2, 0.25) is 17.3 Å². The van der Waals surface area contributed by atoms with Crippen LogP contribution in [0, 0.1) is 0 Å². The van der Waals surface area contributed by atoms with E-state index in [0.29, 0.717) is 0 Å². The summed E-state index contributed by atoms with van der Waals surface area (Å²) in [6, 6.07) is 0. The van der Waals surface area contributed by atoms with E-state index < -0.39 is 13.3 Å². The number of rotatable bonds is 7. The first-order valence-corrected chi connectivity index (χ1v) is 13.2. The van der Waals surface area contributed by atoms with Gasteiger partial charge in [0, 0.05) is 0 Å². The van der Waals surface area contributed by atoms with Crippen LogP contribution in [0.4, 0.5) is 0 Å². The molecular formula is C11H26GeO. The number of aliphatic hydroxyl groups excluding tert-OH is 1. The maximum atomic E-state index is 9.83. The molecule has 1 N–H and O–H groups in total. The standard InChI is InChI=1S/C11H26GeO/c1-5-6-7-8-9-10-11(13)12(2,3)4/h11,13H,5-10H2,1-4H3. The van der Waals surface area contributed by atoms with Gasteiger partial charge in [0.25, 0.3) is 0 Å². The second kappa shape index (κ2) is 6.88. The number of aliphatic hydroxyl groups is 1. The molecule has 1 nitrogen and oxygen atoms in total. The third-order valence-electron chi connectivity index (χ3n) is 2.58. The van der Waals surface area contributed by atoms with Crippen LogP contribution in [0.5, 0.6) is 0 Å². The molecule has 1 atom stereocenters. The van der Waals surface area contributed by atoms with Gasteiger partial charge in [-0.05, 0) is 0 Å². The van der Waals surface area contributed by atoms with Crippen LogP contribution in [0.3, 0.4) is 0 Å². The van der Waals surface area contributed by atoms with E-state index in [1.54, 1.807) is 0 Å². The fourth-order valence-electron chi connectivity index (χ4n) is 1.37. The normalized spacial score (nSPS) is 14.5. The van der Waals surface area contributed by atoms with Crippen molar-refractivity contribution in [3.63, 3.8) is 0 Å². The zero-order valence-electron chi connectivity index (χ0n) is 9.77. The maximum absolute atomic E-state index is 9.83. The van der Waals surface area contributed by atoms with Gasteiger partial charge in [-0.25, -0.2) is 0 Å². The van der Waals surface area contributed by atoms with Gasteiger partial charge in [0.2, 0.25) is 0 Å². The Morgan fingerprint density at radius 2 is 1.54 bits per heavy atom. The van der Waals surface area contributed by atoms with Gasteiger partial charge < -0.3 is 0 Å². The van der Waals surface area contributed by atoms with E-state index in [1.807, 2.05) is 0 Å². The Kier molecular flexibility index (Phi) is 7.15. The van der Waals surface area contributed by atoms with E-state index in [9.17, 15) is 5.11 Å². The summed E-state index contributed by atoms with van der Waals surface area (Å²) >= 11 is -1.74. The van der Waals surface area contributed by atoms with Gasteiger partial charge in [-0.15, -0.1) is 0 Å². The summed E-state index contributed by atoms with van der Waals surface area (Å²) in [6.45, 7) is 2.24. The fourth-order valence-corrected chi connectivity index (χ4v) is 3.62. The molecule has 0 rings (SSSR count). The number of hydrogen-bond acceptors (Lipinski definition) is 1. The SMILES string of the molecule is CCCCCCC[CH](O)[Ge]([CH3])([CH3])[CH3]. The molecule has 1 unspecified atom stereocenters. The van der Waals surface area contributed by atoms with Gasteiger partial charge in [0.1, 0.15) is 0 Å². The molecule has 0 saturated heterocycles. The van der Waals surface area contributed by atoms with E-state index >= 15 is 0 Å². The third-order valence-corrected chi connectivity index (χ3v) is 7.38. The van der Waals surface area contributed by atoms with E-state index in [2.05, 4.69) is 24.2 Å². The second-order valence-corrected chi connectivity index (χ2v) is 16.4. The monoisotopic (exact) mass is 248 g/mol. The minimum absolute atomic E-state index is 0.0571. The Balaban J connectivity index is 3.32. The molecule has 0 fully saturated rings. The van der Waals surface area contributed by atoms with Crippen LogP contribution in [0.15, 0.2) is 0 Å². The molecule has 0 aromatic heterocycles. The van der Waals surface area contributed by atoms with Crippen molar-refractivity contribution in [2.75, 3.05) is 0 Å². The molecule has 80 valence electrons. The van der Waals surface area contributed by atoms with E-state index in [4.69, 9.17) is 0 Å². The molecule has 0 aliphatic heterocycles. The summed E-state index contributed by atoms with van der Waals surface area (Å²) in [7, 11) is 0. The van der Waals surface area contributed by atoms with Crippen molar-refractivity contribution in [2.45, 2.75) is 67.7 Å². The van der Waals surface area contributed by atoms with Crippen molar-refractivity contribution >= 4 is 13.3 Å². The Labute approximate surface area is 86.3 Å². The van der Waals surface area contributed by atoms with Crippen molar-refractivity contribution < 1.29 is 5.11 Å². The van der Waals surface area contributed by atoms with Gasteiger partial charge in [0.15, 0.2) is 0 Å². The van der Waals surface area contributed by atoms with Gasteiger partial charge >= 0.3 is 86.0 Å². The number of unbranched alkanes of at least 4 members (excludes halogenated alkanes) is 4. The first-order chi connectivity index (χ1) is 5.98. The molecule has 0 aliphatic rings. The molecule has 0 aromatic carbocycles. The van der Waals surface area contributed by atoms with Gasteiger partial charge in [-0.2, -0.15) is 0 Å². The van der Waals surface area contributed by atoms with Crippen molar-refractivity contribution in [3.8, 4) is 0 Å². The molecule has 0 amide bonds. The average Bonchev–Trinajstić information content (AvgIpc) is 2.02. The molecule has 0 aromatic rings. The van der Waals surface area contributed by atoms with Crippen LogP contribution in [0.25, 0.3) is 0 Å². The Morgan fingerprint density at radius 3 is 2.00 bits per heavy atom. The first kappa shape index (κ1) is 13.5. The van der Waals surface area contributed by atoms with Crippen LogP contribution in [-0.2, 0) is 0 Å². The average molecular weight is 247 g/mol. The van der Waals surface area contributed by atoms with Crippen molar-refractivity contribution in [3.05, 3.63) is 0 Å². The van der Waals surface area contributed by atoms with Crippen molar-refractivity contribution in [1.29, 1.82) is 0 Å². The van der Waals surface area contributed by atoms with Crippen LogP contribution >= 0.6 is 0 Å². The van der Waals surface area contributed by atoms with Crippen molar-refractivity contribution in [2.24, 2.45) is 0 Å². The van der Waals surface area contributed by atoms with Crippen LogP contribution in [-0.4, -0.2) is 23.3 Å². The van der Waals surface area contributed by atoms with E-state index in [1.165, 1.54) is 32.1 Å². The molecule has 13 heavy (non-hydrogen) atoms. The molecule has 0 saturated carbocycles. The molecule has 0 heterocycles. The minimum atomic E-state index is -1.74. The Bertz CT molecular complexity index is 118. The molecule has 0 radical (unpaired) electrons. The van der Waals surface area contributed by atoms with E-state index in [0.717, 1.165) is 6.42 Å². The van der Waals surface area contributed by atoms with Crippen LogP contribution < -0.4 is 0 Å². The van der Waals surface area contributed by atoms with Gasteiger partial charge in [-0.3, -0.25) is 0 Å². The van der Waals surface area contributed by atoms with Crippen molar-refractivity contribution in [1.82, 2.24) is 0 Å². The zero-order chi connectivity index (χ0) is 10.3.